The molecule has 1 heterocycles. The lowest BCUT2D eigenvalue weighted by molar-refractivity contribution is -0.123. The van der Waals surface area contributed by atoms with Crippen molar-refractivity contribution in [1.82, 2.24) is 5.32 Å². The SMILES string of the molecule is CC(C(=O)NC(C)(C)C)N1CCC(=O)c2ccccc21. The molecule has 0 aliphatic carbocycles. The largest absolute Gasteiger partial charge is 0.359 e. The summed E-state index contributed by atoms with van der Waals surface area (Å²) in [5.41, 5.74) is 1.32. The quantitative estimate of drug-likeness (QED) is 0.901. The van der Waals surface area contributed by atoms with Crippen molar-refractivity contribution < 1.29 is 9.59 Å². The highest BCUT2D eigenvalue weighted by Crippen LogP contribution is 2.28. The van der Waals surface area contributed by atoms with Crippen LogP contribution in [0.3, 0.4) is 0 Å². The molecule has 1 atom stereocenters. The van der Waals surface area contributed by atoms with Gasteiger partial charge in [-0.05, 0) is 39.8 Å². The van der Waals surface area contributed by atoms with Crippen molar-refractivity contribution in [3.8, 4) is 0 Å². The minimum absolute atomic E-state index is 0.0124. The van der Waals surface area contributed by atoms with Crippen LogP contribution in [0.15, 0.2) is 24.3 Å². The fourth-order valence-electron chi connectivity index (χ4n) is 2.45. The molecule has 4 nitrogen and oxygen atoms in total. The maximum Gasteiger partial charge on any atom is 0.242 e. The molecule has 0 bridgehead atoms. The highest BCUT2D eigenvalue weighted by Gasteiger charge is 2.30. The predicted molar refractivity (Wildman–Crippen MR) is 80.1 cm³/mol. The van der Waals surface area contributed by atoms with Crippen LogP contribution < -0.4 is 10.2 Å². The van der Waals surface area contributed by atoms with E-state index in [1.807, 2.05) is 56.9 Å². The van der Waals surface area contributed by atoms with Crippen molar-refractivity contribution in [2.24, 2.45) is 0 Å². The average molecular weight is 274 g/mol. The van der Waals surface area contributed by atoms with Gasteiger partial charge < -0.3 is 10.2 Å². The number of carbonyl (C=O) groups excluding carboxylic acids is 2. The number of benzene rings is 1. The summed E-state index contributed by atoms with van der Waals surface area (Å²) in [5, 5.41) is 2.99. The summed E-state index contributed by atoms with van der Waals surface area (Å²) in [7, 11) is 0. The van der Waals surface area contributed by atoms with Crippen molar-refractivity contribution in [1.29, 1.82) is 0 Å². The Morgan fingerprint density at radius 3 is 2.60 bits per heavy atom. The van der Waals surface area contributed by atoms with Crippen LogP contribution in [0.1, 0.15) is 44.5 Å². The van der Waals surface area contributed by atoms with E-state index in [2.05, 4.69) is 5.32 Å². The lowest BCUT2D eigenvalue weighted by Crippen LogP contribution is -2.52. The van der Waals surface area contributed by atoms with Crippen molar-refractivity contribution >= 4 is 17.4 Å². The molecule has 1 aromatic carbocycles. The molecule has 0 aromatic heterocycles. The van der Waals surface area contributed by atoms with Crippen molar-refractivity contribution in [2.45, 2.75) is 45.7 Å². The van der Waals surface area contributed by atoms with E-state index in [0.29, 0.717) is 18.5 Å². The van der Waals surface area contributed by atoms with E-state index in [0.717, 1.165) is 5.69 Å². The van der Waals surface area contributed by atoms with Crippen LogP contribution in [0.4, 0.5) is 5.69 Å². The van der Waals surface area contributed by atoms with E-state index in [4.69, 9.17) is 0 Å². The van der Waals surface area contributed by atoms with E-state index in [9.17, 15) is 9.59 Å². The zero-order chi connectivity index (χ0) is 14.9. The first kappa shape index (κ1) is 14.6. The maximum atomic E-state index is 12.3. The first-order valence-corrected chi connectivity index (χ1v) is 7.00. The average Bonchev–Trinajstić information content (AvgIpc) is 2.37. The standard InChI is InChI=1S/C16H22N2O2/c1-11(15(20)17-16(2,3)4)18-10-9-14(19)12-7-5-6-8-13(12)18/h5-8,11H,9-10H2,1-4H3,(H,17,20). The molecule has 1 aliphatic rings. The second-order valence-corrected chi connectivity index (χ2v) is 6.30. The number of hydrogen-bond acceptors (Lipinski definition) is 3. The molecule has 1 unspecified atom stereocenters. The second-order valence-electron chi connectivity index (χ2n) is 6.30. The van der Waals surface area contributed by atoms with Crippen LogP contribution in [-0.4, -0.2) is 29.8 Å². The number of amides is 1. The van der Waals surface area contributed by atoms with Gasteiger partial charge in [-0.15, -0.1) is 0 Å². The normalized spacial score (nSPS) is 16.6. The van der Waals surface area contributed by atoms with E-state index >= 15 is 0 Å². The molecule has 2 rings (SSSR count). The third kappa shape index (κ3) is 3.00. The minimum atomic E-state index is -0.288. The van der Waals surface area contributed by atoms with Gasteiger partial charge in [-0.3, -0.25) is 9.59 Å². The molecule has 1 aliphatic heterocycles. The highest BCUT2D eigenvalue weighted by molar-refractivity contribution is 6.04. The Morgan fingerprint density at radius 2 is 1.95 bits per heavy atom. The van der Waals surface area contributed by atoms with Crippen LogP contribution in [0.25, 0.3) is 0 Å². The van der Waals surface area contributed by atoms with E-state index in [-0.39, 0.29) is 23.3 Å². The van der Waals surface area contributed by atoms with Crippen LogP contribution >= 0.6 is 0 Å². The molecule has 0 saturated heterocycles. The number of fused-ring (bicyclic) bond motifs is 1. The van der Waals surface area contributed by atoms with Crippen LogP contribution in [0, 0.1) is 0 Å². The number of carbonyl (C=O) groups is 2. The molecule has 0 saturated carbocycles. The summed E-state index contributed by atoms with van der Waals surface area (Å²) >= 11 is 0. The first-order valence-electron chi connectivity index (χ1n) is 7.00. The molecule has 0 radical (unpaired) electrons. The maximum absolute atomic E-state index is 12.3. The van der Waals surface area contributed by atoms with Gasteiger partial charge in [-0.2, -0.15) is 0 Å². The molecule has 0 fully saturated rings. The number of anilines is 1. The van der Waals surface area contributed by atoms with E-state index in [1.165, 1.54) is 0 Å². The Balaban J connectivity index is 2.24. The van der Waals surface area contributed by atoms with Crippen molar-refractivity contribution in [3.63, 3.8) is 0 Å². The molecule has 20 heavy (non-hydrogen) atoms. The number of rotatable bonds is 2. The van der Waals surface area contributed by atoms with Crippen molar-refractivity contribution in [2.75, 3.05) is 11.4 Å². The van der Waals surface area contributed by atoms with Gasteiger partial charge in [0.05, 0.1) is 0 Å². The summed E-state index contributed by atoms with van der Waals surface area (Å²) in [4.78, 5) is 26.2. The third-order valence-corrected chi connectivity index (χ3v) is 3.44. The number of hydrogen-bond donors (Lipinski definition) is 1. The molecule has 1 N–H and O–H groups in total. The Labute approximate surface area is 120 Å². The summed E-state index contributed by atoms with van der Waals surface area (Å²) in [6, 6.07) is 7.22. The van der Waals surface area contributed by atoms with Gasteiger partial charge in [0.2, 0.25) is 5.91 Å². The lowest BCUT2D eigenvalue weighted by atomic mass is 9.98. The number of nitrogens with one attached hydrogen (secondary N) is 1. The fraction of sp³-hybridized carbons (Fsp3) is 0.500. The number of ketones is 1. The smallest absolute Gasteiger partial charge is 0.242 e. The van der Waals surface area contributed by atoms with Crippen LogP contribution in [0.5, 0.6) is 0 Å². The molecule has 4 heteroatoms. The summed E-state index contributed by atoms with van der Waals surface area (Å²) in [6.07, 6.45) is 0.462. The predicted octanol–water partition coefficient (Wildman–Crippen LogP) is 2.38. The Kier molecular flexibility index (Phi) is 3.84. The van der Waals surface area contributed by atoms with E-state index in [1.54, 1.807) is 0 Å². The zero-order valence-electron chi connectivity index (χ0n) is 12.6. The van der Waals surface area contributed by atoms with Gasteiger partial charge in [0, 0.05) is 29.8 Å². The molecule has 1 aromatic rings. The molecular weight excluding hydrogens is 252 g/mol. The van der Waals surface area contributed by atoms with Gasteiger partial charge in [-0.25, -0.2) is 0 Å². The van der Waals surface area contributed by atoms with Gasteiger partial charge >= 0.3 is 0 Å². The summed E-state index contributed by atoms with van der Waals surface area (Å²) in [6.45, 7) is 8.37. The Bertz CT molecular complexity index is 532. The molecule has 1 amide bonds. The summed E-state index contributed by atoms with van der Waals surface area (Å²) < 4.78 is 0. The third-order valence-electron chi connectivity index (χ3n) is 3.44. The Morgan fingerprint density at radius 1 is 1.30 bits per heavy atom. The van der Waals surface area contributed by atoms with Crippen LogP contribution in [-0.2, 0) is 4.79 Å². The summed E-state index contributed by atoms with van der Waals surface area (Å²) in [5.74, 6) is 0.141. The molecule has 0 spiro atoms. The highest BCUT2D eigenvalue weighted by atomic mass is 16.2. The lowest BCUT2D eigenvalue weighted by Gasteiger charge is -2.36. The number of nitrogens with zero attached hydrogens (tertiary/aromatic N) is 1. The molecule has 108 valence electrons. The monoisotopic (exact) mass is 274 g/mol. The van der Waals surface area contributed by atoms with Gasteiger partial charge in [0.15, 0.2) is 5.78 Å². The van der Waals surface area contributed by atoms with Crippen molar-refractivity contribution in [3.05, 3.63) is 29.8 Å². The minimum Gasteiger partial charge on any atom is -0.359 e. The van der Waals surface area contributed by atoms with Gasteiger partial charge in [-0.1, -0.05) is 12.1 Å². The van der Waals surface area contributed by atoms with Gasteiger partial charge in [0.25, 0.3) is 0 Å². The van der Waals surface area contributed by atoms with Crippen LogP contribution in [0.2, 0.25) is 0 Å². The number of para-hydroxylation sites is 1. The zero-order valence-corrected chi connectivity index (χ0v) is 12.6. The topological polar surface area (TPSA) is 49.4 Å². The second kappa shape index (κ2) is 5.27. The molecular formula is C16H22N2O2. The Hall–Kier alpha value is -1.84. The fourth-order valence-corrected chi connectivity index (χ4v) is 2.45. The number of Topliss-reactive ketones (excluding diaryl/α,β-unsaturated/α-hetero) is 1. The van der Waals surface area contributed by atoms with E-state index < -0.39 is 0 Å². The van der Waals surface area contributed by atoms with Gasteiger partial charge in [0.1, 0.15) is 6.04 Å². The first-order chi connectivity index (χ1) is 9.29.